The third-order valence-electron chi connectivity index (χ3n) is 16.1. The van der Waals surface area contributed by atoms with Crippen LogP contribution in [0.25, 0.3) is 0 Å². The first-order valence-corrected chi connectivity index (χ1v) is 35.5. The molecule has 1 atom stereocenters. The van der Waals surface area contributed by atoms with Crippen molar-refractivity contribution < 1.29 is 28.6 Å². The van der Waals surface area contributed by atoms with Crippen molar-refractivity contribution in [1.82, 2.24) is 0 Å². The van der Waals surface area contributed by atoms with E-state index in [1.807, 2.05) is 0 Å². The van der Waals surface area contributed by atoms with Crippen molar-refractivity contribution >= 4 is 17.9 Å². The van der Waals surface area contributed by atoms with Gasteiger partial charge in [0.1, 0.15) is 13.2 Å². The van der Waals surface area contributed by atoms with E-state index in [-0.39, 0.29) is 31.1 Å². The zero-order valence-electron chi connectivity index (χ0n) is 53.4. The van der Waals surface area contributed by atoms with Crippen molar-refractivity contribution in [3.05, 3.63) is 36.5 Å². The molecule has 0 fully saturated rings. The van der Waals surface area contributed by atoms with E-state index >= 15 is 0 Å². The smallest absolute Gasteiger partial charge is 0.306 e. The molecule has 0 saturated carbocycles. The Bertz CT molecular complexity index is 1320. The van der Waals surface area contributed by atoms with E-state index in [1.54, 1.807) is 0 Å². The summed E-state index contributed by atoms with van der Waals surface area (Å²) in [6, 6.07) is 0. The summed E-state index contributed by atoms with van der Waals surface area (Å²) in [5.41, 5.74) is 0. The highest BCUT2D eigenvalue weighted by Crippen LogP contribution is 2.18. The number of hydrogen-bond acceptors (Lipinski definition) is 6. The van der Waals surface area contributed by atoms with Crippen LogP contribution in [0.3, 0.4) is 0 Å². The lowest BCUT2D eigenvalue weighted by Crippen LogP contribution is -2.30. The summed E-state index contributed by atoms with van der Waals surface area (Å²) in [7, 11) is 0. The summed E-state index contributed by atoms with van der Waals surface area (Å²) in [6.07, 6.45) is 85.0. The molecule has 0 aromatic rings. The number of allylic oxidation sites excluding steroid dienone is 6. The fraction of sp³-hybridized carbons (Fsp3) is 0.877. The Balaban J connectivity index is 3.96. The van der Waals surface area contributed by atoms with Crippen LogP contribution in [0.2, 0.25) is 0 Å². The van der Waals surface area contributed by atoms with Gasteiger partial charge in [0.15, 0.2) is 6.10 Å². The molecule has 464 valence electrons. The average molecular weight is 1110 g/mol. The number of ether oxygens (including phenoxy) is 3. The largest absolute Gasteiger partial charge is 0.462 e. The van der Waals surface area contributed by atoms with Gasteiger partial charge in [0.25, 0.3) is 0 Å². The zero-order chi connectivity index (χ0) is 57.1. The van der Waals surface area contributed by atoms with Crippen molar-refractivity contribution in [3.63, 3.8) is 0 Å². The van der Waals surface area contributed by atoms with Crippen molar-refractivity contribution in [2.45, 2.75) is 399 Å². The minimum atomic E-state index is -0.772. The molecule has 6 nitrogen and oxygen atoms in total. The molecule has 0 aliphatic rings. The molecule has 79 heavy (non-hydrogen) atoms. The normalized spacial score (nSPS) is 12.2. The van der Waals surface area contributed by atoms with Gasteiger partial charge in [0, 0.05) is 19.3 Å². The number of hydrogen-bond donors (Lipinski definition) is 0. The molecule has 0 aliphatic heterocycles. The van der Waals surface area contributed by atoms with E-state index < -0.39 is 6.10 Å². The van der Waals surface area contributed by atoms with Crippen LogP contribution in [0, 0.1) is 0 Å². The highest BCUT2D eigenvalue weighted by Gasteiger charge is 2.19. The Hall–Kier alpha value is -2.37. The lowest BCUT2D eigenvalue weighted by molar-refractivity contribution is -0.167. The summed E-state index contributed by atoms with van der Waals surface area (Å²) in [6.45, 7) is 6.65. The number of unbranched alkanes of at least 4 members (excludes halogenated alkanes) is 49. The van der Waals surface area contributed by atoms with Gasteiger partial charge in [-0.05, 0) is 77.0 Å². The summed E-state index contributed by atoms with van der Waals surface area (Å²) < 4.78 is 16.9. The highest BCUT2D eigenvalue weighted by molar-refractivity contribution is 5.71. The molecule has 0 aliphatic carbocycles. The van der Waals surface area contributed by atoms with Crippen molar-refractivity contribution in [2.24, 2.45) is 0 Å². The lowest BCUT2D eigenvalue weighted by atomic mass is 10.0. The van der Waals surface area contributed by atoms with E-state index in [0.29, 0.717) is 19.3 Å². The van der Waals surface area contributed by atoms with Crippen LogP contribution in [0.5, 0.6) is 0 Å². The van der Waals surface area contributed by atoms with Gasteiger partial charge in [-0.2, -0.15) is 0 Å². The fourth-order valence-electron chi connectivity index (χ4n) is 10.8. The van der Waals surface area contributed by atoms with Gasteiger partial charge in [-0.15, -0.1) is 0 Å². The van der Waals surface area contributed by atoms with Gasteiger partial charge in [0.05, 0.1) is 0 Å². The Labute approximate surface area is 493 Å². The summed E-state index contributed by atoms with van der Waals surface area (Å²) in [4.78, 5) is 38.2. The number of esters is 3. The number of rotatable bonds is 66. The maximum Gasteiger partial charge on any atom is 0.306 e. The summed E-state index contributed by atoms with van der Waals surface area (Å²) >= 11 is 0. The Kier molecular flexibility index (Phi) is 66.1. The molecular weight excluding hydrogens is 973 g/mol. The fourth-order valence-corrected chi connectivity index (χ4v) is 10.8. The predicted molar refractivity (Wildman–Crippen MR) is 344 cm³/mol. The SMILES string of the molecule is CCCCCC/C=C\C/C=C\CCCCCCCCCC(=O)OC(COC(=O)CCCCCCCCCC)COC(=O)CCCCCCCCCCCCCCCCCCCCCCCCC/C=C\CCCCCCCCCC. The van der Waals surface area contributed by atoms with Gasteiger partial charge in [-0.25, -0.2) is 0 Å². The first-order chi connectivity index (χ1) is 39.0. The maximum atomic E-state index is 12.9. The van der Waals surface area contributed by atoms with Crippen LogP contribution in [0.15, 0.2) is 36.5 Å². The minimum Gasteiger partial charge on any atom is -0.462 e. The van der Waals surface area contributed by atoms with E-state index in [1.165, 1.54) is 283 Å². The van der Waals surface area contributed by atoms with Gasteiger partial charge >= 0.3 is 17.9 Å². The van der Waals surface area contributed by atoms with Crippen molar-refractivity contribution in [3.8, 4) is 0 Å². The molecule has 6 heteroatoms. The van der Waals surface area contributed by atoms with Gasteiger partial charge in [-0.3, -0.25) is 14.4 Å². The molecule has 0 aromatic heterocycles. The van der Waals surface area contributed by atoms with Crippen LogP contribution < -0.4 is 0 Å². The second-order valence-electron chi connectivity index (χ2n) is 24.1. The van der Waals surface area contributed by atoms with Crippen LogP contribution in [-0.2, 0) is 28.6 Å². The van der Waals surface area contributed by atoms with E-state index in [2.05, 4.69) is 57.2 Å². The third-order valence-corrected chi connectivity index (χ3v) is 16.1. The Morgan fingerprint density at radius 2 is 0.456 bits per heavy atom. The monoisotopic (exact) mass is 1110 g/mol. The molecule has 0 N–H and O–H groups in total. The Morgan fingerprint density at radius 1 is 0.253 bits per heavy atom. The predicted octanol–water partition coefficient (Wildman–Crippen LogP) is 24.3. The first kappa shape index (κ1) is 76.6. The standard InChI is InChI=1S/C73H136O6/c1-4-7-10-13-16-19-21-23-25-27-29-30-31-32-33-34-35-36-37-38-39-40-41-42-43-44-45-47-48-50-52-54-57-60-63-66-72(75)78-69-70(68-77-71(74)65-62-59-56-18-15-12-9-6-3)79-73(76)67-64-61-58-55-53-51-49-46-28-26-24-22-20-17-14-11-8-5-2/h20,22,26-29,70H,4-19,21,23-25,30-69H2,1-3H3/b22-20-,28-26-,29-27-. The molecule has 0 rings (SSSR count). The Morgan fingerprint density at radius 3 is 0.722 bits per heavy atom. The van der Waals surface area contributed by atoms with Crippen LogP contribution in [0.4, 0.5) is 0 Å². The molecule has 0 radical (unpaired) electrons. The molecule has 0 spiro atoms. The van der Waals surface area contributed by atoms with Crippen LogP contribution in [-0.4, -0.2) is 37.2 Å². The van der Waals surface area contributed by atoms with Crippen molar-refractivity contribution in [2.75, 3.05) is 13.2 Å². The van der Waals surface area contributed by atoms with E-state index in [9.17, 15) is 14.4 Å². The number of carbonyl (C=O) groups excluding carboxylic acids is 3. The van der Waals surface area contributed by atoms with Crippen LogP contribution >= 0.6 is 0 Å². The van der Waals surface area contributed by atoms with Crippen LogP contribution in [0.1, 0.15) is 393 Å². The second-order valence-corrected chi connectivity index (χ2v) is 24.1. The molecule has 1 unspecified atom stereocenters. The van der Waals surface area contributed by atoms with Gasteiger partial charge in [0.2, 0.25) is 0 Å². The summed E-state index contributed by atoms with van der Waals surface area (Å²) in [5, 5.41) is 0. The average Bonchev–Trinajstić information content (AvgIpc) is 3.45. The maximum absolute atomic E-state index is 12.9. The van der Waals surface area contributed by atoms with E-state index in [0.717, 1.165) is 70.6 Å². The quantitative estimate of drug-likeness (QED) is 0.0261. The highest BCUT2D eigenvalue weighted by atomic mass is 16.6. The van der Waals surface area contributed by atoms with Gasteiger partial charge in [-0.1, -0.05) is 333 Å². The second kappa shape index (κ2) is 68.1. The first-order valence-electron chi connectivity index (χ1n) is 35.5. The minimum absolute atomic E-state index is 0.0703. The molecule has 0 heterocycles. The molecule has 0 bridgehead atoms. The molecule has 0 aromatic carbocycles. The van der Waals surface area contributed by atoms with Crippen molar-refractivity contribution in [1.29, 1.82) is 0 Å². The van der Waals surface area contributed by atoms with Gasteiger partial charge < -0.3 is 14.2 Å². The summed E-state index contributed by atoms with van der Waals surface area (Å²) in [5.74, 6) is -0.859. The third kappa shape index (κ3) is 66.3. The molecule has 0 amide bonds. The zero-order valence-corrected chi connectivity index (χ0v) is 53.4. The molecule has 0 saturated heterocycles. The topological polar surface area (TPSA) is 78.9 Å². The lowest BCUT2D eigenvalue weighted by Gasteiger charge is -2.18. The molecular formula is C73H136O6. The van der Waals surface area contributed by atoms with E-state index in [4.69, 9.17) is 14.2 Å². The number of carbonyl (C=O) groups is 3.